The lowest BCUT2D eigenvalue weighted by Crippen LogP contribution is -2.26. The van der Waals surface area contributed by atoms with Crippen molar-refractivity contribution in [3.63, 3.8) is 0 Å². The summed E-state index contributed by atoms with van der Waals surface area (Å²) < 4.78 is 1.80. The second-order valence-corrected chi connectivity index (χ2v) is 7.58. The Labute approximate surface area is 158 Å². The van der Waals surface area contributed by atoms with Crippen molar-refractivity contribution >= 4 is 16.9 Å². The fraction of sp³-hybridized carbons (Fsp3) is 0.318. The molecule has 4 rings (SSSR count). The topological polar surface area (TPSA) is 64.0 Å². The van der Waals surface area contributed by atoms with E-state index in [4.69, 9.17) is 0 Å². The molecule has 2 aromatic carbocycles. The molecular formula is C22H23N3O2. The third-order valence-corrected chi connectivity index (χ3v) is 4.73. The molecule has 0 atom stereocenters. The number of aromatic nitrogens is 2. The van der Waals surface area contributed by atoms with Gasteiger partial charge in [0.25, 0.3) is 11.5 Å². The van der Waals surface area contributed by atoms with Gasteiger partial charge in [-0.05, 0) is 43.0 Å². The van der Waals surface area contributed by atoms with Crippen molar-refractivity contribution in [2.45, 2.75) is 39.3 Å². The molecule has 5 nitrogen and oxygen atoms in total. The highest BCUT2D eigenvalue weighted by atomic mass is 16.1. The monoisotopic (exact) mass is 361 g/mol. The number of carbonyl (C=O) groups excluding carboxylic acids is 1. The lowest BCUT2D eigenvalue weighted by molar-refractivity contribution is 0.0951. The number of rotatable bonds is 5. The lowest BCUT2D eigenvalue weighted by atomic mass is 10.1. The van der Waals surface area contributed by atoms with Crippen LogP contribution >= 0.6 is 0 Å². The number of carbonyl (C=O) groups is 1. The molecule has 5 heteroatoms. The number of amides is 1. The molecule has 1 saturated carbocycles. The van der Waals surface area contributed by atoms with Gasteiger partial charge in [0.15, 0.2) is 0 Å². The summed E-state index contributed by atoms with van der Waals surface area (Å²) >= 11 is 0. The molecule has 3 aromatic rings. The van der Waals surface area contributed by atoms with Crippen molar-refractivity contribution in [2.24, 2.45) is 5.92 Å². The number of hydrogen-bond donors (Lipinski definition) is 1. The van der Waals surface area contributed by atoms with E-state index in [1.54, 1.807) is 28.8 Å². The minimum atomic E-state index is -0.0995. The van der Waals surface area contributed by atoms with Crippen LogP contribution in [0.1, 0.15) is 37.0 Å². The minimum Gasteiger partial charge on any atom is -0.349 e. The van der Waals surface area contributed by atoms with Crippen molar-refractivity contribution in [1.82, 2.24) is 14.9 Å². The van der Waals surface area contributed by atoms with E-state index in [9.17, 15) is 9.59 Å². The Bertz CT molecular complexity index is 1050. The molecular weight excluding hydrogens is 338 g/mol. The van der Waals surface area contributed by atoms with E-state index < -0.39 is 0 Å². The third kappa shape index (κ3) is 3.63. The average Bonchev–Trinajstić information content (AvgIpc) is 3.48. The first-order chi connectivity index (χ1) is 13.0. The largest absolute Gasteiger partial charge is 0.349 e. The van der Waals surface area contributed by atoms with E-state index in [1.807, 2.05) is 24.3 Å². The van der Waals surface area contributed by atoms with Gasteiger partial charge in [-0.2, -0.15) is 0 Å². The zero-order chi connectivity index (χ0) is 19.0. The van der Waals surface area contributed by atoms with Crippen LogP contribution in [0.4, 0.5) is 0 Å². The fourth-order valence-corrected chi connectivity index (χ4v) is 3.20. The Morgan fingerprint density at radius 3 is 2.52 bits per heavy atom. The molecule has 138 valence electrons. The SMILES string of the molecule is CC(C)Cn1c(=O)c(-c2ccc(C(=O)NC3CC3)cc2)nc2ccccc21. The van der Waals surface area contributed by atoms with Crippen molar-refractivity contribution in [1.29, 1.82) is 0 Å². The van der Waals surface area contributed by atoms with E-state index in [0.29, 0.717) is 29.8 Å². The van der Waals surface area contributed by atoms with Crippen LogP contribution in [0.25, 0.3) is 22.3 Å². The molecule has 0 unspecified atom stereocenters. The lowest BCUT2D eigenvalue weighted by Gasteiger charge is -2.14. The molecule has 0 aliphatic heterocycles. The smallest absolute Gasteiger partial charge is 0.277 e. The van der Waals surface area contributed by atoms with E-state index in [0.717, 1.165) is 29.4 Å². The van der Waals surface area contributed by atoms with E-state index in [2.05, 4.69) is 24.1 Å². The molecule has 1 aliphatic rings. The van der Waals surface area contributed by atoms with Crippen LogP contribution in [0.2, 0.25) is 0 Å². The summed E-state index contributed by atoms with van der Waals surface area (Å²) in [5, 5.41) is 2.98. The first-order valence-electron chi connectivity index (χ1n) is 9.44. The highest BCUT2D eigenvalue weighted by Crippen LogP contribution is 2.21. The van der Waals surface area contributed by atoms with Gasteiger partial charge >= 0.3 is 0 Å². The highest BCUT2D eigenvalue weighted by Gasteiger charge is 2.23. The van der Waals surface area contributed by atoms with Gasteiger partial charge in [0.2, 0.25) is 0 Å². The van der Waals surface area contributed by atoms with Crippen LogP contribution in [0.15, 0.2) is 53.3 Å². The molecule has 1 heterocycles. The Kier molecular flexibility index (Phi) is 4.52. The summed E-state index contributed by atoms with van der Waals surface area (Å²) in [7, 11) is 0. The van der Waals surface area contributed by atoms with Gasteiger partial charge in [-0.25, -0.2) is 4.98 Å². The normalized spacial score (nSPS) is 13.9. The van der Waals surface area contributed by atoms with Crippen molar-refractivity contribution in [2.75, 3.05) is 0 Å². The molecule has 1 amide bonds. The Morgan fingerprint density at radius 2 is 1.85 bits per heavy atom. The van der Waals surface area contributed by atoms with Gasteiger partial charge in [-0.15, -0.1) is 0 Å². The van der Waals surface area contributed by atoms with Crippen LogP contribution in [-0.2, 0) is 6.54 Å². The molecule has 1 fully saturated rings. The maximum atomic E-state index is 13.1. The van der Waals surface area contributed by atoms with Gasteiger partial charge < -0.3 is 9.88 Å². The molecule has 1 N–H and O–H groups in total. The van der Waals surface area contributed by atoms with Crippen LogP contribution in [0.3, 0.4) is 0 Å². The standard InChI is InChI=1S/C22H23N3O2/c1-14(2)13-25-19-6-4-3-5-18(19)24-20(22(25)27)15-7-9-16(10-8-15)21(26)23-17-11-12-17/h3-10,14,17H,11-13H2,1-2H3,(H,23,26). The van der Waals surface area contributed by atoms with Crippen LogP contribution in [0, 0.1) is 5.92 Å². The molecule has 0 bridgehead atoms. The van der Waals surface area contributed by atoms with Gasteiger partial charge in [0.1, 0.15) is 5.69 Å². The Balaban J connectivity index is 1.75. The van der Waals surface area contributed by atoms with Crippen LogP contribution in [-0.4, -0.2) is 21.5 Å². The average molecular weight is 361 g/mol. The Morgan fingerprint density at radius 1 is 1.15 bits per heavy atom. The molecule has 0 spiro atoms. The van der Waals surface area contributed by atoms with Gasteiger partial charge in [-0.3, -0.25) is 9.59 Å². The van der Waals surface area contributed by atoms with Crippen LogP contribution in [0.5, 0.6) is 0 Å². The van der Waals surface area contributed by atoms with Gasteiger partial charge in [0.05, 0.1) is 11.0 Å². The zero-order valence-corrected chi connectivity index (χ0v) is 15.6. The molecule has 0 radical (unpaired) electrons. The second kappa shape index (κ2) is 6.99. The number of hydrogen-bond acceptors (Lipinski definition) is 3. The summed E-state index contributed by atoms with van der Waals surface area (Å²) in [5.74, 6) is 0.280. The maximum Gasteiger partial charge on any atom is 0.277 e. The summed E-state index contributed by atoms with van der Waals surface area (Å²) in [6, 6.07) is 15.2. The highest BCUT2D eigenvalue weighted by molar-refractivity contribution is 5.95. The summed E-state index contributed by atoms with van der Waals surface area (Å²) in [4.78, 5) is 29.9. The quantitative estimate of drug-likeness (QED) is 0.755. The van der Waals surface area contributed by atoms with Crippen molar-refractivity contribution in [3.05, 3.63) is 64.4 Å². The van der Waals surface area contributed by atoms with E-state index >= 15 is 0 Å². The maximum absolute atomic E-state index is 13.1. The van der Waals surface area contributed by atoms with E-state index in [1.165, 1.54) is 0 Å². The number of nitrogens with zero attached hydrogens (tertiary/aromatic N) is 2. The van der Waals surface area contributed by atoms with Crippen LogP contribution < -0.4 is 10.9 Å². The summed E-state index contributed by atoms with van der Waals surface area (Å²) in [6.07, 6.45) is 2.11. The Hall–Kier alpha value is -2.95. The number of benzene rings is 2. The number of nitrogens with one attached hydrogen (secondary N) is 1. The molecule has 1 aromatic heterocycles. The van der Waals surface area contributed by atoms with E-state index in [-0.39, 0.29) is 11.5 Å². The predicted molar refractivity (Wildman–Crippen MR) is 107 cm³/mol. The zero-order valence-electron chi connectivity index (χ0n) is 15.6. The first kappa shape index (κ1) is 17.5. The van der Waals surface area contributed by atoms with Crippen molar-refractivity contribution in [3.8, 4) is 11.3 Å². The third-order valence-electron chi connectivity index (χ3n) is 4.73. The van der Waals surface area contributed by atoms with Gasteiger partial charge in [0, 0.05) is 23.7 Å². The number of para-hydroxylation sites is 2. The fourth-order valence-electron chi connectivity index (χ4n) is 3.20. The molecule has 1 aliphatic carbocycles. The summed E-state index contributed by atoms with van der Waals surface area (Å²) in [6.45, 7) is 4.82. The number of fused-ring (bicyclic) bond motifs is 1. The second-order valence-electron chi connectivity index (χ2n) is 7.58. The first-order valence-corrected chi connectivity index (χ1v) is 9.44. The summed E-state index contributed by atoms with van der Waals surface area (Å²) in [5.41, 5.74) is 3.30. The molecule has 27 heavy (non-hydrogen) atoms. The van der Waals surface area contributed by atoms with Gasteiger partial charge in [-0.1, -0.05) is 38.1 Å². The van der Waals surface area contributed by atoms with Crippen molar-refractivity contribution < 1.29 is 4.79 Å². The minimum absolute atomic E-state index is 0.0623. The predicted octanol–water partition coefficient (Wildman–Crippen LogP) is 3.61. The molecule has 0 saturated heterocycles.